The number of imidazole rings is 1. The number of rotatable bonds is 5. The molecule has 4 heteroatoms. The molecule has 0 amide bonds. The van der Waals surface area contributed by atoms with Gasteiger partial charge in [-0.25, -0.2) is 4.98 Å². The van der Waals surface area contributed by atoms with Crippen molar-refractivity contribution in [3.63, 3.8) is 0 Å². The molecule has 1 fully saturated rings. The van der Waals surface area contributed by atoms with E-state index in [0.29, 0.717) is 18.5 Å². The summed E-state index contributed by atoms with van der Waals surface area (Å²) in [4.78, 5) is 4.80. The highest BCUT2D eigenvalue weighted by Crippen LogP contribution is 2.39. The maximum Gasteiger partial charge on any atom is 0.121 e. The van der Waals surface area contributed by atoms with E-state index in [1.54, 1.807) is 7.11 Å². The SMILES string of the molecule is COc1ccc2c(c1)nc(CC(C)CN)n2C1CC1. The van der Waals surface area contributed by atoms with Gasteiger partial charge in [-0.2, -0.15) is 0 Å². The van der Waals surface area contributed by atoms with Crippen LogP contribution in [0.25, 0.3) is 11.0 Å². The lowest BCUT2D eigenvalue weighted by molar-refractivity contribution is 0.415. The number of fused-ring (bicyclic) bond motifs is 1. The van der Waals surface area contributed by atoms with Gasteiger partial charge in [0.1, 0.15) is 11.6 Å². The minimum Gasteiger partial charge on any atom is -0.497 e. The molecule has 102 valence electrons. The van der Waals surface area contributed by atoms with Crippen molar-refractivity contribution in [3.8, 4) is 5.75 Å². The lowest BCUT2D eigenvalue weighted by Crippen LogP contribution is -2.15. The van der Waals surface area contributed by atoms with Gasteiger partial charge in [0.15, 0.2) is 0 Å². The molecule has 4 nitrogen and oxygen atoms in total. The van der Waals surface area contributed by atoms with Gasteiger partial charge in [-0.05, 0) is 37.4 Å². The molecular weight excluding hydrogens is 238 g/mol. The fourth-order valence-corrected chi connectivity index (χ4v) is 2.53. The predicted molar refractivity (Wildman–Crippen MR) is 76.5 cm³/mol. The third-order valence-corrected chi connectivity index (χ3v) is 3.82. The van der Waals surface area contributed by atoms with E-state index in [1.807, 2.05) is 12.1 Å². The second-order valence-electron chi connectivity index (χ2n) is 5.53. The van der Waals surface area contributed by atoms with E-state index in [9.17, 15) is 0 Å². The molecule has 1 aliphatic carbocycles. The first kappa shape index (κ1) is 12.5. The molecule has 3 rings (SSSR count). The molecule has 0 aliphatic heterocycles. The Labute approximate surface area is 113 Å². The third-order valence-electron chi connectivity index (χ3n) is 3.82. The number of methoxy groups -OCH3 is 1. The molecule has 1 unspecified atom stereocenters. The van der Waals surface area contributed by atoms with Crippen molar-refractivity contribution < 1.29 is 4.74 Å². The van der Waals surface area contributed by atoms with Crippen LogP contribution in [0, 0.1) is 5.92 Å². The van der Waals surface area contributed by atoms with Crippen LogP contribution in [0.5, 0.6) is 5.75 Å². The fraction of sp³-hybridized carbons (Fsp3) is 0.533. The van der Waals surface area contributed by atoms with Crippen molar-refractivity contribution in [1.29, 1.82) is 0 Å². The minimum atomic E-state index is 0.469. The van der Waals surface area contributed by atoms with Crippen molar-refractivity contribution in [1.82, 2.24) is 9.55 Å². The van der Waals surface area contributed by atoms with Crippen LogP contribution in [0.3, 0.4) is 0 Å². The number of ether oxygens (including phenoxy) is 1. The third kappa shape index (κ3) is 2.32. The van der Waals surface area contributed by atoms with Crippen molar-refractivity contribution in [3.05, 3.63) is 24.0 Å². The summed E-state index contributed by atoms with van der Waals surface area (Å²) in [5, 5.41) is 0. The molecule has 2 aromatic rings. The highest BCUT2D eigenvalue weighted by Gasteiger charge is 2.28. The molecule has 0 radical (unpaired) electrons. The van der Waals surface area contributed by atoms with Gasteiger partial charge in [0.2, 0.25) is 0 Å². The van der Waals surface area contributed by atoms with Gasteiger partial charge in [-0.15, -0.1) is 0 Å². The molecule has 0 bridgehead atoms. The maximum absolute atomic E-state index is 5.74. The van der Waals surface area contributed by atoms with Gasteiger partial charge in [-0.3, -0.25) is 0 Å². The lowest BCUT2D eigenvalue weighted by atomic mass is 10.1. The number of hydrogen-bond acceptors (Lipinski definition) is 3. The monoisotopic (exact) mass is 259 g/mol. The molecule has 1 saturated carbocycles. The first-order valence-electron chi connectivity index (χ1n) is 6.98. The zero-order valence-corrected chi connectivity index (χ0v) is 11.6. The second kappa shape index (κ2) is 4.85. The summed E-state index contributed by atoms with van der Waals surface area (Å²) in [7, 11) is 1.69. The average Bonchev–Trinajstić information content (AvgIpc) is 3.19. The van der Waals surface area contributed by atoms with Crippen LogP contribution in [-0.4, -0.2) is 23.2 Å². The van der Waals surface area contributed by atoms with Gasteiger partial charge in [0.05, 0.1) is 18.1 Å². The van der Waals surface area contributed by atoms with Crippen LogP contribution in [-0.2, 0) is 6.42 Å². The van der Waals surface area contributed by atoms with E-state index in [2.05, 4.69) is 17.6 Å². The van der Waals surface area contributed by atoms with Crippen LogP contribution < -0.4 is 10.5 Å². The van der Waals surface area contributed by atoms with Crippen LogP contribution in [0.2, 0.25) is 0 Å². The van der Waals surface area contributed by atoms with Crippen LogP contribution >= 0.6 is 0 Å². The summed E-state index contributed by atoms with van der Waals surface area (Å²) in [6.07, 6.45) is 3.48. The number of nitrogens with two attached hydrogens (primary N) is 1. The molecule has 1 aromatic carbocycles. The molecule has 1 heterocycles. The van der Waals surface area contributed by atoms with E-state index in [-0.39, 0.29) is 0 Å². The Morgan fingerprint density at radius 1 is 1.47 bits per heavy atom. The van der Waals surface area contributed by atoms with Crippen LogP contribution in [0.15, 0.2) is 18.2 Å². The predicted octanol–water partition coefficient (Wildman–Crippen LogP) is 2.52. The number of aromatic nitrogens is 2. The molecule has 0 spiro atoms. The molecular formula is C15H21N3O. The second-order valence-corrected chi connectivity index (χ2v) is 5.53. The van der Waals surface area contributed by atoms with Gasteiger partial charge in [-0.1, -0.05) is 6.92 Å². The quantitative estimate of drug-likeness (QED) is 0.897. The Hall–Kier alpha value is -1.55. The molecule has 1 aromatic heterocycles. The summed E-state index contributed by atoms with van der Waals surface area (Å²) in [5.41, 5.74) is 8.00. The Kier molecular flexibility index (Phi) is 3.19. The number of nitrogens with zero attached hydrogens (tertiary/aromatic N) is 2. The maximum atomic E-state index is 5.74. The first-order chi connectivity index (χ1) is 9.22. The standard InChI is InChI=1S/C15H21N3O/c1-10(9-16)7-15-17-13-8-12(19-2)5-6-14(13)18(15)11-3-4-11/h5-6,8,10-11H,3-4,7,9,16H2,1-2H3. The Morgan fingerprint density at radius 3 is 2.89 bits per heavy atom. The summed E-state index contributed by atoms with van der Waals surface area (Å²) in [6, 6.07) is 6.79. The minimum absolute atomic E-state index is 0.469. The number of benzene rings is 1. The van der Waals surface area contributed by atoms with Crippen LogP contribution in [0.4, 0.5) is 0 Å². The van der Waals surface area contributed by atoms with Crippen molar-refractivity contribution in [2.24, 2.45) is 11.7 Å². The summed E-state index contributed by atoms with van der Waals surface area (Å²) in [6.45, 7) is 2.88. The van der Waals surface area contributed by atoms with Crippen molar-refractivity contribution in [2.75, 3.05) is 13.7 Å². The van der Waals surface area contributed by atoms with Crippen molar-refractivity contribution in [2.45, 2.75) is 32.2 Å². The molecule has 0 saturated heterocycles. The number of hydrogen-bond donors (Lipinski definition) is 1. The van der Waals surface area contributed by atoms with Gasteiger partial charge in [0.25, 0.3) is 0 Å². The van der Waals surface area contributed by atoms with E-state index in [4.69, 9.17) is 15.5 Å². The van der Waals surface area contributed by atoms with Gasteiger partial charge in [0, 0.05) is 18.5 Å². The Balaban J connectivity index is 2.06. The van der Waals surface area contributed by atoms with Gasteiger partial charge < -0.3 is 15.0 Å². The average molecular weight is 259 g/mol. The summed E-state index contributed by atoms with van der Waals surface area (Å²) in [5.74, 6) is 2.51. The Morgan fingerprint density at radius 2 is 2.26 bits per heavy atom. The highest BCUT2D eigenvalue weighted by atomic mass is 16.5. The Bertz CT molecular complexity index is 586. The smallest absolute Gasteiger partial charge is 0.121 e. The zero-order chi connectivity index (χ0) is 13.4. The molecule has 1 aliphatic rings. The topological polar surface area (TPSA) is 53.1 Å². The largest absolute Gasteiger partial charge is 0.497 e. The highest BCUT2D eigenvalue weighted by molar-refractivity contribution is 5.78. The zero-order valence-electron chi connectivity index (χ0n) is 11.6. The summed E-state index contributed by atoms with van der Waals surface area (Å²) < 4.78 is 7.68. The first-order valence-corrected chi connectivity index (χ1v) is 6.98. The normalized spacial score (nSPS) is 16.8. The van der Waals surface area contributed by atoms with Crippen molar-refractivity contribution >= 4 is 11.0 Å². The lowest BCUT2D eigenvalue weighted by Gasteiger charge is -2.11. The van der Waals surface area contributed by atoms with E-state index in [0.717, 1.165) is 17.7 Å². The molecule has 19 heavy (non-hydrogen) atoms. The van der Waals surface area contributed by atoms with E-state index in [1.165, 1.54) is 24.2 Å². The molecule has 2 N–H and O–H groups in total. The van der Waals surface area contributed by atoms with Crippen LogP contribution in [0.1, 0.15) is 31.6 Å². The summed E-state index contributed by atoms with van der Waals surface area (Å²) >= 11 is 0. The van der Waals surface area contributed by atoms with Gasteiger partial charge >= 0.3 is 0 Å². The van der Waals surface area contributed by atoms with E-state index < -0.39 is 0 Å². The molecule has 1 atom stereocenters. The fourth-order valence-electron chi connectivity index (χ4n) is 2.53. The van der Waals surface area contributed by atoms with E-state index >= 15 is 0 Å².